The van der Waals surface area contributed by atoms with Crippen LogP contribution in [0.1, 0.15) is 22.9 Å². The number of nitrogens with one attached hydrogen (secondary N) is 2. The lowest BCUT2D eigenvalue weighted by Crippen LogP contribution is -2.47. The summed E-state index contributed by atoms with van der Waals surface area (Å²) in [5.41, 5.74) is 0.969. The van der Waals surface area contributed by atoms with E-state index in [0.717, 1.165) is 23.3 Å². The molecule has 0 radical (unpaired) electrons. The zero-order valence-corrected chi connectivity index (χ0v) is 14.8. The minimum atomic E-state index is -4.36. The molecule has 6 heteroatoms. The number of benzene rings is 3. The number of hydrogen-bond donors (Lipinski definition) is 2. The Morgan fingerprint density at radius 3 is 2.04 bits per heavy atom. The van der Waals surface area contributed by atoms with Crippen molar-refractivity contribution in [2.24, 2.45) is 4.99 Å². The Morgan fingerprint density at radius 1 is 0.821 bits per heavy atom. The molecule has 1 aliphatic heterocycles. The van der Waals surface area contributed by atoms with Gasteiger partial charge in [0, 0.05) is 11.9 Å². The van der Waals surface area contributed by atoms with Gasteiger partial charge in [0.15, 0.2) is 5.66 Å². The van der Waals surface area contributed by atoms with Crippen molar-refractivity contribution >= 4 is 11.9 Å². The van der Waals surface area contributed by atoms with E-state index in [1.54, 1.807) is 6.21 Å². The number of nitrogens with zero attached hydrogens (tertiary/aromatic N) is 1. The summed E-state index contributed by atoms with van der Waals surface area (Å²) in [7, 11) is 0. The number of halogens is 3. The standard InChI is InChI=1S/C22H18F3N3/c23-22(24,25)18-11-13-19(14-12-18)27-21(17-9-5-2-6-10-17)15-26-20(28-21)16-7-3-1-4-8-16/h1-15,20,27-28H. The summed E-state index contributed by atoms with van der Waals surface area (Å²) in [6, 6.07) is 24.4. The van der Waals surface area contributed by atoms with Crippen molar-refractivity contribution in [3.8, 4) is 0 Å². The van der Waals surface area contributed by atoms with E-state index >= 15 is 0 Å². The van der Waals surface area contributed by atoms with Gasteiger partial charge in [-0.3, -0.25) is 10.3 Å². The molecule has 0 aliphatic carbocycles. The first-order chi connectivity index (χ1) is 13.5. The maximum Gasteiger partial charge on any atom is 0.416 e. The van der Waals surface area contributed by atoms with Gasteiger partial charge in [0.1, 0.15) is 6.17 Å². The molecule has 3 aromatic carbocycles. The fraction of sp³-hybridized carbons (Fsp3) is 0.136. The first kappa shape index (κ1) is 18.3. The first-order valence-electron chi connectivity index (χ1n) is 8.84. The molecule has 0 saturated carbocycles. The van der Waals surface area contributed by atoms with Crippen molar-refractivity contribution in [1.29, 1.82) is 0 Å². The lowest BCUT2D eigenvalue weighted by Gasteiger charge is -2.31. The molecular formula is C22H18F3N3. The van der Waals surface area contributed by atoms with Crippen LogP contribution in [0.5, 0.6) is 0 Å². The van der Waals surface area contributed by atoms with E-state index in [2.05, 4.69) is 15.6 Å². The van der Waals surface area contributed by atoms with Crippen LogP contribution in [0.4, 0.5) is 18.9 Å². The van der Waals surface area contributed by atoms with Crippen molar-refractivity contribution in [3.63, 3.8) is 0 Å². The largest absolute Gasteiger partial charge is 0.416 e. The Hall–Kier alpha value is -3.12. The van der Waals surface area contributed by atoms with Gasteiger partial charge in [-0.2, -0.15) is 13.2 Å². The number of alkyl halides is 3. The minimum Gasteiger partial charge on any atom is -0.359 e. The van der Waals surface area contributed by atoms with E-state index in [4.69, 9.17) is 0 Å². The molecule has 0 bridgehead atoms. The second-order valence-electron chi connectivity index (χ2n) is 6.61. The third-order valence-corrected chi connectivity index (χ3v) is 4.68. The molecule has 1 aliphatic rings. The van der Waals surface area contributed by atoms with E-state index in [0.29, 0.717) is 5.69 Å². The molecule has 142 valence electrons. The first-order valence-corrected chi connectivity index (χ1v) is 8.84. The van der Waals surface area contributed by atoms with Crippen LogP contribution in [0.3, 0.4) is 0 Å². The molecule has 0 spiro atoms. The normalized spacial score (nSPS) is 21.6. The average Bonchev–Trinajstić information content (AvgIpc) is 3.14. The summed E-state index contributed by atoms with van der Waals surface area (Å²) in [6.45, 7) is 0. The molecule has 2 N–H and O–H groups in total. The Bertz CT molecular complexity index is 954. The molecule has 0 saturated heterocycles. The maximum absolute atomic E-state index is 12.8. The Morgan fingerprint density at radius 2 is 1.43 bits per heavy atom. The third kappa shape index (κ3) is 3.64. The predicted octanol–water partition coefficient (Wildman–Crippen LogP) is 5.34. The van der Waals surface area contributed by atoms with E-state index in [9.17, 15) is 13.2 Å². The van der Waals surface area contributed by atoms with Crippen molar-refractivity contribution in [3.05, 3.63) is 102 Å². The zero-order chi connectivity index (χ0) is 19.6. The van der Waals surface area contributed by atoms with Gasteiger partial charge in [-0.1, -0.05) is 60.7 Å². The Labute approximate surface area is 160 Å². The van der Waals surface area contributed by atoms with Gasteiger partial charge in [0.2, 0.25) is 0 Å². The average molecular weight is 381 g/mol. The monoisotopic (exact) mass is 381 g/mol. The molecule has 0 fully saturated rings. The van der Waals surface area contributed by atoms with Crippen LogP contribution < -0.4 is 10.6 Å². The van der Waals surface area contributed by atoms with Crippen LogP contribution in [0, 0.1) is 0 Å². The molecule has 0 amide bonds. The molecule has 4 rings (SSSR count). The zero-order valence-electron chi connectivity index (χ0n) is 14.8. The molecule has 28 heavy (non-hydrogen) atoms. The number of rotatable bonds is 4. The van der Waals surface area contributed by atoms with Crippen molar-refractivity contribution in [2.75, 3.05) is 5.32 Å². The van der Waals surface area contributed by atoms with Gasteiger partial charge in [-0.05, 0) is 35.4 Å². The van der Waals surface area contributed by atoms with E-state index in [1.165, 1.54) is 12.1 Å². The summed E-state index contributed by atoms with van der Waals surface area (Å²) in [5.74, 6) is 0. The van der Waals surface area contributed by atoms with Gasteiger partial charge in [0.05, 0.1) is 5.56 Å². The summed E-state index contributed by atoms with van der Waals surface area (Å²) in [5, 5.41) is 6.80. The number of aliphatic imine (C=N–C) groups is 1. The van der Waals surface area contributed by atoms with Crippen molar-refractivity contribution < 1.29 is 13.2 Å². The van der Waals surface area contributed by atoms with E-state index < -0.39 is 17.4 Å². The van der Waals surface area contributed by atoms with E-state index in [-0.39, 0.29) is 6.17 Å². The van der Waals surface area contributed by atoms with Crippen LogP contribution in [-0.4, -0.2) is 6.21 Å². The topological polar surface area (TPSA) is 36.4 Å². The summed E-state index contributed by atoms with van der Waals surface area (Å²) in [4.78, 5) is 4.61. The third-order valence-electron chi connectivity index (χ3n) is 4.68. The summed E-state index contributed by atoms with van der Waals surface area (Å²) in [6.07, 6.45) is -2.85. The van der Waals surface area contributed by atoms with Gasteiger partial charge in [-0.15, -0.1) is 0 Å². The molecule has 2 unspecified atom stereocenters. The van der Waals surface area contributed by atoms with Crippen LogP contribution in [0.15, 0.2) is 89.9 Å². The molecule has 0 aromatic heterocycles. The minimum absolute atomic E-state index is 0.261. The number of hydrogen-bond acceptors (Lipinski definition) is 3. The second kappa shape index (κ2) is 7.13. The summed E-state index contributed by atoms with van der Waals surface area (Å²) >= 11 is 0. The van der Waals surface area contributed by atoms with Gasteiger partial charge < -0.3 is 5.32 Å². The molecule has 1 heterocycles. The lowest BCUT2D eigenvalue weighted by molar-refractivity contribution is -0.137. The molecular weight excluding hydrogens is 363 g/mol. The highest BCUT2D eigenvalue weighted by molar-refractivity contribution is 5.79. The second-order valence-corrected chi connectivity index (χ2v) is 6.61. The van der Waals surface area contributed by atoms with Crippen LogP contribution >= 0.6 is 0 Å². The Kier molecular flexibility index (Phi) is 4.65. The SMILES string of the molecule is FC(F)(F)c1ccc(NC2(c3ccccc3)C=NC(c3ccccc3)N2)cc1. The van der Waals surface area contributed by atoms with Crippen molar-refractivity contribution in [1.82, 2.24) is 5.32 Å². The molecule has 3 aromatic rings. The van der Waals surface area contributed by atoms with Crippen LogP contribution in [0.2, 0.25) is 0 Å². The van der Waals surface area contributed by atoms with Gasteiger partial charge in [-0.25, -0.2) is 0 Å². The van der Waals surface area contributed by atoms with Gasteiger partial charge >= 0.3 is 6.18 Å². The van der Waals surface area contributed by atoms with E-state index in [1.807, 2.05) is 60.7 Å². The number of anilines is 1. The van der Waals surface area contributed by atoms with Crippen LogP contribution in [-0.2, 0) is 11.8 Å². The fourth-order valence-corrected chi connectivity index (χ4v) is 3.25. The smallest absolute Gasteiger partial charge is 0.359 e. The van der Waals surface area contributed by atoms with Gasteiger partial charge in [0.25, 0.3) is 0 Å². The highest BCUT2D eigenvalue weighted by Crippen LogP contribution is 2.34. The maximum atomic E-state index is 12.8. The highest BCUT2D eigenvalue weighted by atomic mass is 19.4. The quantitative estimate of drug-likeness (QED) is 0.640. The molecule has 2 atom stereocenters. The fourth-order valence-electron chi connectivity index (χ4n) is 3.25. The van der Waals surface area contributed by atoms with Crippen LogP contribution in [0.25, 0.3) is 0 Å². The summed E-state index contributed by atoms with van der Waals surface area (Å²) < 4.78 is 38.5. The highest BCUT2D eigenvalue weighted by Gasteiger charge is 2.38. The lowest BCUT2D eigenvalue weighted by atomic mass is 10.00. The molecule has 3 nitrogen and oxygen atoms in total. The Balaban J connectivity index is 1.65. The predicted molar refractivity (Wildman–Crippen MR) is 104 cm³/mol. The van der Waals surface area contributed by atoms with Crippen molar-refractivity contribution in [2.45, 2.75) is 18.0 Å².